The highest BCUT2D eigenvalue weighted by Crippen LogP contribution is 2.28. The van der Waals surface area contributed by atoms with Crippen LogP contribution in [0.15, 0.2) is 28.7 Å². The van der Waals surface area contributed by atoms with Crippen LogP contribution >= 0.6 is 11.8 Å². The van der Waals surface area contributed by atoms with Crippen molar-refractivity contribution in [3.05, 3.63) is 30.2 Å². The first kappa shape index (κ1) is 15.9. The number of benzene rings is 1. The Morgan fingerprint density at radius 2 is 2.26 bits per heavy atom. The number of hydrogen-bond donors (Lipinski definition) is 2. The maximum absolute atomic E-state index is 12.1. The van der Waals surface area contributed by atoms with Crippen LogP contribution in [0, 0.1) is 0 Å². The lowest BCUT2D eigenvalue weighted by atomic mass is 10.1. The number of para-hydroxylation sites is 2. The molecule has 1 fully saturated rings. The Balaban J connectivity index is 1.50. The second-order valence-electron chi connectivity index (χ2n) is 5.96. The number of nitrogens with one attached hydrogen (secondary N) is 2. The Kier molecular flexibility index (Phi) is 4.30. The molecular weight excluding hydrogens is 314 g/mol. The van der Waals surface area contributed by atoms with E-state index in [0.717, 1.165) is 11.1 Å². The Labute approximate surface area is 138 Å². The number of aromatic nitrogens is 1. The summed E-state index contributed by atoms with van der Waals surface area (Å²) in [6, 6.07) is 7.06. The zero-order chi connectivity index (χ0) is 16.4. The van der Waals surface area contributed by atoms with E-state index < -0.39 is 10.8 Å². The Bertz CT molecular complexity index is 708. The van der Waals surface area contributed by atoms with Gasteiger partial charge in [-0.25, -0.2) is 4.98 Å². The maximum atomic E-state index is 12.1. The number of carbonyl (C=O) groups excluding carboxylic acids is 2. The van der Waals surface area contributed by atoms with Crippen LogP contribution in [0.2, 0.25) is 0 Å². The molecule has 2 aromatic rings. The molecule has 0 unspecified atom stereocenters. The molecule has 0 aliphatic carbocycles. The molecule has 2 heterocycles. The minimum atomic E-state index is -0.482. The topological polar surface area (TPSA) is 84.2 Å². The number of oxazole rings is 1. The van der Waals surface area contributed by atoms with Crippen molar-refractivity contribution in [2.45, 2.75) is 31.1 Å². The van der Waals surface area contributed by atoms with E-state index in [4.69, 9.17) is 4.42 Å². The van der Waals surface area contributed by atoms with Crippen molar-refractivity contribution in [3.8, 4) is 0 Å². The van der Waals surface area contributed by atoms with Crippen LogP contribution in [0.1, 0.15) is 19.7 Å². The average Bonchev–Trinajstić information content (AvgIpc) is 2.92. The lowest BCUT2D eigenvalue weighted by molar-refractivity contribution is -0.129. The second kappa shape index (κ2) is 6.23. The number of fused-ring (bicyclic) bond motifs is 1. The first-order chi connectivity index (χ1) is 11.0. The lowest BCUT2D eigenvalue weighted by Gasteiger charge is -2.32. The highest BCUT2D eigenvalue weighted by atomic mass is 32.2. The summed E-state index contributed by atoms with van der Waals surface area (Å²) in [6.07, 6.45) is 0.514. The maximum Gasteiger partial charge on any atom is 0.243 e. The number of amides is 2. The van der Waals surface area contributed by atoms with Gasteiger partial charge in [-0.3, -0.25) is 9.59 Å². The zero-order valence-electron chi connectivity index (χ0n) is 13.1. The van der Waals surface area contributed by atoms with E-state index >= 15 is 0 Å². The van der Waals surface area contributed by atoms with Crippen LogP contribution in [0.4, 0.5) is 0 Å². The van der Waals surface area contributed by atoms with Crippen LogP contribution in [-0.2, 0) is 16.0 Å². The summed E-state index contributed by atoms with van der Waals surface area (Å²) >= 11 is 1.49. The van der Waals surface area contributed by atoms with Crippen LogP contribution in [0.3, 0.4) is 0 Å². The van der Waals surface area contributed by atoms with Gasteiger partial charge in [0.1, 0.15) is 11.6 Å². The third kappa shape index (κ3) is 3.50. The van der Waals surface area contributed by atoms with Crippen LogP contribution in [0.5, 0.6) is 0 Å². The molecule has 0 saturated carbocycles. The smallest absolute Gasteiger partial charge is 0.243 e. The number of carbonyl (C=O) groups is 2. The normalized spacial score (nSPS) is 20.3. The minimum Gasteiger partial charge on any atom is -0.441 e. The molecule has 2 amide bonds. The summed E-state index contributed by atoms with van der Waals surface area (Å²) in [5, 5.41) is 5.59. The fraction of sp³-hybridized carbons (Fsp3) is 0.438. The summed E-state index contributed by atoms with van der Waals surface area (Å²) in [4.78, 5) is 28.4. The van der Waals surface area contributed by atoms with Crippen molar-refractivity contribution >= 4 is 34.7 Å². The van der Waals surface area contributed by atoms with E-state index in [1.54, 1.807) is 0 Å². The van der Waals surface area contributed by atoms with Crippen LogP contribution < -0.4 is 10.6 Å². The Hall–Kier alpha value is -2.02. The molecule has 3 rings (SSSR count). The van der Waals surface area contributed by atoms with Crippen molar-refractivity contribution < 1.29 is 14.0 Å². The predicted molar refractivity (Wildman–Crippen MR) is 89.2 cm³/mol. The van der Waals surface area contributed by atoms with Crippen molar-refractivity contribution in [2.24, 2.45) is 0 Å². The molecule has 1 aliphatic heterocycles. The predicted octanol–water partition coefficient (Wildman–Crippen LogP) is 1.50. The van der Waals surface area contributed by atoms with Crippen molar-refractivity contribution in [1.82, 2.24) is 15.6 Å². The van der Waals surface area contributed by atoms with Crippen molar-refractivity contribution in [3.63, 3.8) is 0 Å². The molecule has 1 aliphatic rings. The van der Waals surface area contributed by atoms with Gasteiger partial charge in [-0.2, -0.15) is 0 Å². The molecule has 6 nitrogen and oxygen atoms in total. The molecule has 7 heteroatoms. The average molecular weight is 333 g/mol. The van der Waals surface area contributed by atoms with E-state index in [2.05, 4.69) is 15.6 Å². The summed E-state index contributed by atoms with van der Waals surface area (Å²) in [7, 11) is 0. The summed E-state index contributed by atoms with van der Waals surface area (Å²) in [5.41, 5.74) is 1.55. The molecule has 0 bridgehead atoms. The third-order valence-corrected chi connectivity index (χ3v) is 5.16. The fourth-order valence-electron chi connectivity index (χ4n) is 2.31. The SMILES string of the molecule is CC1(C)SC[C@@H](C(=O)NCCc2nc3ccccc3o2)NC1=O. The number of thioether (sulfide) groups is 1. The van der Waals surface area contributed by atoms with E-state index in [-0.39, 0.29) is 11.8 Å². The van der Waals surface area contributed by atoms with Gasteiger partial charge in [-0.05, 0) is 26.0 Å². The van der Waals surface area contributed by atoms with Crippen LogP contribution in [-0.4, -0.2) is 39.9 Å². The second-order valence-corrected chi connectivity index (χ2v) is 7.61. The van der Waals surface area contributed by atoms with Crippen molar-refractivity contribution in [1.29, 1.82) is 0 Å². The molecule has 1 aromatic heterocycles. The summed E-state index contributed by atoms with van der Waals surface area (Å²) in [5.74, 6) is 0.896. The zero-order valence-corrected chi connectivity index (χ0v) is 13.9. The Morgan fingerprint density at radius 3 is 3.00 bits per heavy atom. The van der Waals surface area contributed by atoms with Gasteiger partial charge in [0.15, 0.2) is 11.5 Å². The Morgan fingerprint density at radius 1 is 1.48 bits per heavy atom. The number of nitrogens with zero attached hydrogens (tertiary/aromatic N) is 1. The van der Waals surface area contributed by atoms with Gasteiger partial charge in [-0.15, -0.1) is 11.8 Å². The summed E-state index contributed by atoms with van der Waals surface area (Å²) in [6.45, 7) is 4.13. The van der Waals surface area contributed by atoms with Crippen LogP contribution in [0.25, 0.3) is 11.1 Å². The van der Waals surface area contributed by atoms with Gasteiger partial charge in [0.05, 0.1) is 4.75 Å². The fourth-order valence-corrected chi connectivity index (χ4v) is 3.32. The van der Waals surface area contributed by atoms with Gasteiger partial charge in [0.25, 0.3) is 0 Å². The monoisotopic (exact) mass is 333 g/mol. The molecule has 0 radical (unpaired) electrons. The van der Waals surface area contributed by atoms with Gasteiger partial charge in [0, 0.05) is 18.7 Å². The van der Waals surface area contributed by atoms with Gasteiger partial charge in [0.2, 0.25) is 11.8 Å². The van der Waals surface area contributed by atoms with Gasteiger partial charge >= 0.3 is 0 Å². The number of hydrogen-bond acceptors (Lipinski definition) is 5. The largest absolute Gasteiger partial charge is 0.441 e. The third-order valence-electron chi connectivity index (χ3n) is 3.76. The molecule has 2 N–H and O–H groups in total. The van der Waals surface area contributed by atoms with E-state index in [1.807, 2.05) is 38.1 Å². The highest BCUT2D eigenvalue weighted by molar-refractivity contribution is 8.01. The van der Waals surface area contributed by atoms with Gasteiger partial charge in [-0.1, -0.05) is 12.1 Å². The first-order valence-corrected chi connectivity index (χ1v) is 8.51. The van der Waals surface area contributed by atoms with E-state index in [1.165, 1.54) is 11.8 Å². The molecule has 122 valence electrons. The number of rotatable bonds is 4. The highest BCUT2D eigenvalue weighted by Gasteiger charge is 2.37. The first-order valence-electron chi connectivity index (χ1n) is 7.53. The molecule has 1 saturated heterocycles. The minimum absolute atomic E-state index is 0.104. The summed E-state index contributed by atoms with van der Waals surface area (Å²) < 4.78 is 5.13. The molecule has 1 atom stereocenters. The quantitative estimate of drug-likeness (QED) is 0.886. The standard InChI is InChI=1S/C16H19N3O3S/c1-16(2)15(21)19-11(9-23-16)14(20)17-8-7-13-18-10-5-3-4-6-12(10)22-13/h3-6,11H,7-9H2,1-2H3,(H,17,20)(H,19,21)/t11-/m0/s1. The molecule has 1 aromatic carbocycles. The van der Waals surface area contributed by atoms with E-state index in [9.17, 15) is 9.59 Å². The van der Waals surface area contributed by atoms with Crippen molar-refractivity contribution in [2.75, 3.05) is 12.3 Å². The molecule has 0 spiro atoms. The molecule has 23 heavy (non-hydrogen) atoms. The molecular formula is C16H19N3O3S. The van der Waals surface area contributed by atoms with Gasteiger partial charge < -0.3 is 15.1 Å². The van der Waals surface area contributed by atoms with E-state index in [0.29, 0.717) is 24.6 Å². The lowest BCUT2D eigenvalue weighted by Crippen LogP contribution is -2.57.